The van der Waals surface area contributed by atoms with Crippen LogP contribution in [0.4, 0.5) is 5.69 Å². The molecule has 0 saturated carbocycles. The Balaban J connectivity index is 1.71. The highest BCUT2D eigenvalue weighted by molar-refractivity contribution is 8.04. The Bertz CT molecular complexity index is 1450. The number of anilines is 1. The van der Waals surface area contributed by atoms with Crippen molar-refractivity contribution in [2.24, 2.45) is 0 Å². The first-order chi connectivity index (χ1) is 17.7. The van der Waals surface area contributed by atoms with E-state index in [2.05, 4.69) is 5.32 Å². The van der Waals surface area contributed by atoms with Crippen LogP contribution in [0.25, 0.3) is 6.08 Å². The lowest BCUT2D eigenvalue weighted by molar-refractivity contribution is -0.112. The number of carbonyl (C=O) groups excluding carboxylic acids is 1. The van der Waals surface area contributed by atoms with Gasteiger partial charge < -0.3 is 29.4 Å². The maximum Gasteiger partial charge on any atom is 0.262 e. The van der Waals surface area contributed by atoms with Crippen LogP contribution < -0.4 is 24.3 Å². The maximum absolute atomic E-state index is 13.4. The molecule has 37 heavy (non-hydrogen) atoms. The third kappa shape index (κ3) is 5.32. The fourth-order valence-electron chi connectivity index (χ4n) is 3.87. The van der Waals surface area contributed by atoms with Gasteiger partial charge in [0.05, 0.1) is 60.8 Å². The molecule has 3 aromatic carbocycles. The van der Waals surface area contributed by atoms with Gasteiger partial charge >= 0.3 is 0 Å². The number of rotatable bonds is 8. The van der Waals surface area contributed by atoms with E-state index in [-0.39, 0.29) is 27.2 Å². The predicted molar refractivity (Wildman–Crippen MR) is 141 cm³/mol. The summed E-state index contributed by atoms with van der Waals surface area (Å²) in [5, 5.41) is 12.7. The van der Waals surface area contributed by atoms with Gasteiger partial charge in [-0.05, 0) is 36.4 Å². The van der Waals surface area contributed by atoms with Crippen molar-refractivity contribution >= 4 is 39.3 Å². The fraction of sp³-hybridized carbons (Fsp3) is 0.192. The number of carbonyl (C=O) groups is 1. The summed E-state index contributed by atoms with van der Waals surface area (Å²) < 4.78 is 48.2. The SMILES string of the molecule is COc1cc(O)cc(OC)c1/C=C1\Sc2cc(S(=O)(=O)Cc3c(OC)cccc3OC)ccc2NC1=O. The second-order valence-electron chi connectivity index (χ2n) is 7.89. The molecule has 1 aliphatic rings. The zero-order valence-electron chi connectivity index (χ0n) is 20.5. The van der Waals surface area contributed by atoms with E-state index in [1.54, 1.807) is 30.3 Å². The van der Waals surface area contributed by atoms with Gasteiger partial charge in [-0.25, -0.2) is 8.42 Å². The summed E-state index contributed by atoms with van der Waals surface area (Å²) in [6.07, 6.45) is 1.57. The Morgan fingerprint density at radius 3 is 2.05 bits per heavy atom. The van der Waals surface area contributed by atoms with Crippen LogP contribution in [0.5, 0.6) is 28.7 Å². The van der Waals surface area contributed by atoms with Crippen LogP contribution >= 0.6 is 11.8 Å². The van der Waals surface area contributed by atoms with Crippen molar-refractivity contribution in [1.29, 1.82) is 0 Å². The summed E-state index contributed by atoms with van der Waals surface area (Å²) in [6.45, 7) is 0. The van der Waals surface area contributed by atoms with Gasteiger partial charge in [0.25, 0.3) is 5.91 Å². The zero-order valence-corrected chi connectivity index (χ0v) is 22.2. The molecule has 9 nitrogen and oxygen atoms in total. The third-order valence-corrected chi connectivity index (χ3v) is 8.39. The molecule has 3 aromatic rings. The van der Waals surface area contributed by atoms with Crippen LogP contribution in [0.2, 0.25) is 0 Å². The first-order valence-corrected chi connectivity index (χ1v) is 13.4. The highest BCUT2D eigenvalue weighted by atomic mass is 32.2. The standard InChI is InChI=1S/C26H25NO8S2/c1-32-20-6-5-7-21(33-2)18(20)14-37(30,31)16-8-9-19-24(12-16)36-25(26(29)27-19)13-17-22(34-3)10-15(28)11-23(17)35-4/h5-13,28H,14H2,1-4H3,(H,27,29)/b25-13-. The molecule has 0 atom stereocenters. The third-order valence-electron chi connectivity index (χ3n) is 5.67. The number of fused-ring (bicyclic) bond motifs is 1. The van der Waals surface area contributed by atoms with E-state index in [9.17, 15) is 18.3 Å². The van der Waals surface area contributed by atoms with Gasteiger partial charge in [0.15, 0.2) is 9.84 Å². The number of phenols is 1. The van der Waals surface area contributed by atoms with E-state index in [4.69, 9.17) is 18.9 Å². The molecule has 0 unspecified atom stereocenters. The van der Waals surface area contributed by atoms with Gasteiger partial charge in [0.1, 0.15) is 28.7 Å². The molecule has 0 saturated heterocycles. The number of ether oxygens (including phenoxy) is 4. The summed E-state index contributed by atoms with van der Waals surface area (Å²) >= 11 is 1.12. The lowest BCUT2D eigenvalue weighted by Gasteiger charge is -2.20. The molecule has 0 bridgehead atoms. The smallest absolute Gasteiger partial charge is 0.262 e. The molecule has 0 aliphatic carbocycles. The van der Waals surface area contributed by atoms with Gasteiger partial charge in [-0.15, -0.1) is 0 Å². The minimum absolute atomic E-state index is 0.0523. The molecular weight excluding hydrogens is 518 g/mol. The average molecular weight is 544 g/mol. The average Bonchev–Trinajstić information content (AvgIpc) is 2.89. The number of thioether (sulfide) groups is 1. The highest BCUT2D eigenvalue weighted by Gasteiger charge is 2.27. The van der Waals surface area contributed by atoms with Crippen LogP contribution in [0.15, 0.2) is 63.2 Å². The van der Waals surface area contributed by atoms with Crippen LogP contribution in [-0.2, 0) is 20.4 Å². The topological polar surface area (TPSA) is 120 Å². The Labute approximate surface area is 218 Å². The quantitative estimate of drug-likeness (QED) is 0.396. The zero-order chi connectivity index (χ0) is 26.7. The second-order valence-corrected chi connectivity index (χ2v) is 11.0. The molecule has 1 heterocycles. The van der Waals surface area contributed by atoms with Gasteiger partial charge in [-0.1, -0.05) is 17.8 Å². The molecule has 2 N–H and O–H groups in total. The van der Waals surface area contributed by atoms with Gasteiger partial charge in [0.2, 0.25) is 0 Å². The van der Waals surface area contributed by atoms with Crippen LogP contribution in [-0.4, -0.2) is 47.9 Å². The van der Waals surface area contributed by atoms with Crippen molar-refractivity contribution in [2.45, 2.75) is 15.5 Å². The lowest BCUT2D eigenvalue weighted by atomic mass is 10.1. The minimum atomic E-state index is -3.80. The molecule has 0 aromatic heterocycles. The van der Waals surface area contributed by atoms with Crippen molar-refractivity contribution in [3.63, 3.8) is 0 Å². The number of amides is 1. The minimum Gasteiger partial charge on any atom is -0.508 e. The summed E-state index contributed by atoms with van der Waals surface area (Å²) in [5.41, 5.74) is 1.36. The van der Waals surface area contributed by atoms with E-state index in [0.717, 1.165) is 11.8 Å². The molecule has 0 spiro atoms. The molecule has 194 valence electrons. The maximum atomic E-state index is 13.4. The predicted octanol–water partition coefficient (Wildman–Crippen LogP) is 4.49. The number of methoxy groups -OCH3 is 4. The Morgan fingerprint density at radius 2 is 1.49 bits per heavy atom. The summed E-state index contributed by atoms with van der Waals surface area (Å²) in [6, 6.07) is 12.4. The van der Waals surface area contributed by atoms with Gasteiger partial charge in [0, 0.05) is 17.0 Å². The Kier molecular flexibility index (Phi) is 7.55. The fourth-order valence-corrected chi connectivity index (χ4v) is 6.32. The molecule has 11 heteroatoms. The number of phenolic OH excluding ortho intramolecular Hbond substituents is 1. The first kappa shape index (κ1) is 26.2. The van der Waals surface area contributed by atoms with Crippen molar-refractivity contribution in [2.75, 3.05) is 33.8 Å². The van der Waals surface area contributed by atoms with E-state index in [0.29, 0.717) is 44.7 Å². The van der Waals surface area contributed by atoms with Crippen LogP contribution in [0.1, 0.15) is 11.1 Å². The van der Waals surface area contributed by atoms with E-state index in [1.165, 1.54) is 52.7 Å². The van der Waals surface area contributed by atoms with E-state index >= 15 is 0 Å². The van der Waals surface area contributed by atoms with Crippen LogP contribution in [0, 0.1) is 0 Å². The Morgan fingerprint density at radius 1 is 0.892 bits per heavy atom. The number of aromatic hydroxyl groups is 1. The van der Waals surface area contributed by atoms with Crippen LogP contribution in [0.3, 0.4) is 0 Å². The van der Waals surface area contributed by atoms with Gasteiger partial charge in [-0.2, -0.15) is 0 Å². The molecule has 0 fully saturated rings. The summed E-state index contributed by atoms with van der Waals surface area (Å²) in [7, 11) is 2.01. The molecule has 0 radical (unpaired) electrons. The number of sulfone groups is 1. The number of hydrogen-bond donors (Lipinski definition) is 2. The monoisotopic (exact) mass is 543 g/mol. The molecule has 4 rings (SSSR count). The molecular formula is C26H25NO8S2. The number of hydrogen-bond acceptors (Lipinski definition) is 9. The second kappa shape index (κ2) is 10.7. The summed E-state index contributed by atoms with van der Waals surface area (Å²) in [4.78, 5) is 13.7. The number of benzene rings is 3. The summed E-state index contributed by atoms with van der Waals surface area (Å²) in [5.74, 6) is 0.679. The largest absolute Gasteiger partial charge is 0.508 e. The normalized spacial score (nSPS) is 14.1. The van der Waals surface area contributed by atoms with Crippen molar-refractivity contribution in [1.82, 2.24) is 0 Å². The molecule has 1 amide bonds. The van der Waals surface area contributed by atoms with Crippen molar-refractivity contribution < 1.29 is 37.3 Å². The van der Waals surface area contributed by atoms with Crippen molar-refractivity contribution in [3.8, 4) is 28.7 Å². The lowest BCUT2D eigenvalue weighted by Crippen LogP contribution is -2.18. The van der Waals surface area contributed by atoms with Crippen molar-refractivity contribution in [3.05, 3.63) is 64.6 Å². The Hall–Kier alpha value is -3.83. The first-order valence-electron chi connectivity index (χ1n) is 10.9. The van der Waals surface area contributed by atoms with E-state index < -0.39 is 9.84 Å². The molecule has 1 aliphatic heterocycles. The number of nitrogens with one attached hydrogen (secondary N) is 1. The van der Waals surface area contributed by atoms with Gasteiger partial charge in [-0.3, -0.25) is 4.79 Å². The van der Waals surface area contributed by atoms with E-state index in [1.807, 2.05) is 0 Å². The highest BCUT2D eigenvalue weighted by Crippen LogP contribution is 2.43.